The van der Waals surface area contributed by atoms with Gasteiger partial charge in [0.25, 0.3) is 5.91 Å². The Labute approximate surface area is 161 Å². The van der Waals surface area contributed by atoms with Crippen LogP contribution < -0.4 is 10.6 Å². The number of imide groups is 1. The minimum atomic E-state index is -1.15. The number of tetrazole rings is 1. The summed E-state index contributed by atoms with van der Waals surface area (Å²) in [5.41, 5.74) is 0.612. The lowest BCUT2D eigenvalue weighted by molar-refractivity contribution is -0.127. The van der Waals surface area contributed by atoms with Gasteiger partial charge in [0, 0.05) is 6.04 Å². The molecule has 1 aliphatic rings. The molecule has 2 aromatic rings. The summed E-state index contributed by atoms with van der Waals surface area (Å²) in [6.07, 6.45) is 5.29. The van der Waals surface area contributed by atoms with Gasteiger partial charge in [-0.1, -0.05) is 31.4 Å². The zero-order valence-electron chi connectivity index (χ0n) is 15.5. The molecule has 0 saturated heterocycles. The highest BCUT2D eigenvalue weighted by Gasteiger charge is 2.24. The maximum Gasteiger partial charge on any atom is 0.341 e. The van der Waals surface area contributed by atoms with E-state index in [0.717, 1.165) is 32.1 Å². The molecule has 1 aromatic carbocycles. The van der Waals surface area contributed by atoms with Crippen LogP contribution in [0.25, 0.3) is 5.69 Å². The number of benzene rings is 1. The lowest BCUT2D eigenvalue weighted by Gasteiger charge is -2.23. The normalized spacial score (nSPS) is 15.5. The van der Waals surface area contributed by atoms with Gasteiger partial charge in [-0.25, -0.2) is 9.59 Å². The van der Waals surface area contributed by atoms with E-state index in [2.05, 4.69) is 26.2 Å². The lowest BCUT2D eigenvalue weighted by Crippen LogP contribution is -2.48. The molecule has 1 aliphatic carbocycles. The highest BCUT2D eigenvalue weighted by Crippen LogP contribution is 2.17. The Hall–Kier alpha value is -3.30. The van der Waals surface area contributed by atoms with Crippen molar-refractivity contribution in [3.8, 4) is 5.69 Å². The van der Waals surface area contributed by atoms with Gasteiger partial charge in [-0.15, -0.1) is 5.10 Å². The molecule has 0 bridgehead atoms. The molecular weight excluding hydrogens is 364 g/mol. The zero-order valence-corrected chi connectivity index (χ0v) is 15.5. The molecule has 10 nitrogen and oxygen atoms in total. The number of para-hydroxylation sites is 1. The summed E-state index contributed by atoms with van der Waals surface area (Å²) in [6, 6.07) is 6.07. The number of aromatic nitrogens is 4. The SMILES string of the molecule is C[C@@H](OC(=O)c1ccccc1-n1cnnn1)C(=O)NC(=O)NC1CCCCC1. The average molecular weight is 386 g/mol. The van der Waals surface area contributed by atoms with Gasteiger partial charge < -0.3 is 10.1 Å². The first-order valence-electron chi connectivity index (χ1n) is 9.19. The molecule has 1 aromatic heterocycles. The quantitative estimate of drug-likeness (QED) is 0.743. The molecule has 28 heavy (non-hydrogen) atoms. The fraction of sp³-hybridized carbons (Fsp3) is 0.444. The molecule has 0 spiro atoms. The fourth-order valence-corrected chi connectivity index (χ4v) is 3.08. The predicted molar refractivity (Wildman–Crippen MR) is 97.6 cm³/mol. The molecule has 1 saturated carbocycles. The topological polar surface area (TPSA) is 128 Å². The summed E-state index contributed by atoms with van der Waals surface area (Å²) in [7, 11) is 0. The van der Waals surface area contributed by atoms with Crippen LogP contribution in [0.1, 0.15) is 49.4 Å². The van der Waals surface area contributed by atoms with Crippen molar-refractivity contribution in [2.45, 2.75) is 51.2 Å². The van der Waals surface area contributed by atoms with E-state index >= 15 is 0 Å². The molecular formula is C18H22N6O4. The first kappa shape index (κ1) is 19.5. The van der Waals surface area contributed by atoms with Crippen LogP contribution in [0, 0.1) is 0 Å². The van der Waals surface area contributed by atoms with Gasteiger partial charge in [-0.05, 0) is 42.3 Å². The highest BCUT2D eigenvalue weighted by molar-refractivity contribution is 5.99. The first-order chi connectivity index (χ1) is 13.5. The minimum absolute atomic E-state index is 0.0718. The molecule has 148 valence electrons. The highest BCUT2D eigenvalue weighted by atomic mass is 16.5. The van der Waals surface area contributed by atoms with E-state index < -0.39 is 24.0 Å². The predicted octanol–water partition coefficient (Wildman–Crippen LogP) is 1.37. The molecule has 2 N–H and O–H groups in total. The van der Waals surface area contributed by atoms with Crippen LogP contribution in [0.4, 0.5) is 4.79 Å². The van der Waals surface area contributed by atoms with Gasteiger partial charge in [0.2, 0.25) is 0 Å². The Bertz CT molecular complexity index is 832. The molecule has 0 radical (unpaired) electrons. The number of hydrogen-bond acceptors (Lipinski definition) is 7. The van der Waals surface area contributed by atoms with E-state index in [1.165, 1.54) is 17.9 Å². The number of carbonyl (C=O) groups excluding carboxylic acids is 3. The van der Waals surface area contributed by atoms with E-state index in [0.29, 0.717) is 5.69 Å². The molecule has 1 atom stereocenters. The molecule has 0 aliphatic heterocycles. The second-order valence-corrected chi connectivity index (χ2v) is 6.62. The fourth-order valence-electron chi connectivity index (χ4n) is 3.08. The number of nitrogens with zero attached hydrogens (tertiary/aromatic N) is 4. The Kier molecular flexibility index (Phi) is 6.30. The maximum absolute atomic E-state index is 12.5. The summed E-state index contributed by atoms with van der Waals surface area (Å²) in [5, 5.41) is 15.8. The average Bonchev–Trinajstić information content (AvgIpc) is 3.23. The number of nitrogens with one attached hydrogen (secondary N) is 2. The van der Waals surface area contributed by atoms with Crippen LogP contribution >= 0.6 is 0 Å². The number of esters is 1. The Balaban J connectivity index is 1.57. The van der Waals surface area contributed by atoms with Crippen LogP contribution in [-0.4, -0.2) is 50.3 Å². The second kappa shape index (κ2) is 9.07. The van der Waals surface area contributed by atoms with Gasteiger partial charge in [0.05, 0.1) is 11.3 Å². The summed E-state index contributed by atoms with van der Waals surface area (Å²) >= 11 is 0. The maximum atomic E-state index is 12.5. The van der Waals surface area contributed by atoms with Crippen LogP contribution in [0.15, 0.2) is 30.6 Å². The summed E-state index contributed by atoms with van der Waals surface area (Å²) in [4.78, 5) is 36.7. The summed E-state index contributed by atoms with van der Waals surface area (Å²) in [6.45, 7) is 1.40. The third-order valence-electron chi connectivity index (χ3n) is 4.55. The smallest absolute Gasteiger partial charge is 0.341 e. The van der Waals surface area contributed by atoms with Crippen LogP contribution in [0.5, 0.6) is 0 Å². The molecule has 3 amide bonds. The number of amides is 3. The standard InChI is InChI=1S/C18H22N6O4/c1-12(16(25)21-18(27)20-13-7-3-2-4-8-13)28-17(26)14-9-5-6-10-15(14)24-11-19-22-23-24/h5-6,9-13H,2-4,7-8H2,1H3,(H2,20,21,25,27)/t12-/m1/s1. The van der Waals surface area contributed by atoms with Crippen molar-refractivity contribution in [3.05, 3.63) is 36.2 Å². The lowest BCUT2D eigenvalue weighted by atomic mass is 9.96. The largest absolute Gasteiger partial charge is 0.449 e. The van der Waals surface area contributed by atoms with Crippen LogP contribution in [-0.2, 0) is 9.53 Å². The van der Waals surface area contributed by atoms with Gasteiger partial charge in [-0.3, -0.25) is 10.1 Å². The van der Waals surface area contributed by atoms with E-state index in [9.17, 15) is 14.4 Å². The van der Waals surface area contributed by atoms with Crippen molar-refractivity contribution >= 4 is 17.9 Å². The molecule has 1 heterocycles. The van der Waals surface area contributed by atoms with Crippen molar-refractivity contribution in [3.63, 3.8) is 0 Å². The van der Waals surface area contributed by atoms with Crippen molar-refractivity contribution in [1.82, 2.24) is 30.8 Å². The molecule has 3 rings (SSSR count). The van der Waals surface area contributed by atoms with Crippen molar-refractivity contribution < 1.29 is 19.1 Å². The Morgan fingerprint density at radius 2 is 1.93 bits per heavy atom. The van der Waals surface area contributed by atoms with Crippen LogP contribution in [0.2, 0.25) is 0 Å². The minimum Gasteiger partial charge on any atom is -0.449 e. The number of hydrogen-bond donors (Lipinski definition) is 2. The zero-order chi connectivity index (χ0) is 19.9. The van der Waals surface area contributed by atoms with E-state index in [-0.39, 0.29) is 11.6 Å². The summed E-state index contributed by atoms with van der Waals surface area (Å²) in [5.74, 6) is -1.41. The van der Waals surface area contributed by atoms with Gasteiger partial charge in [0.1, 0.15) is 6.33 Å². The van der Waals surface area contributed by atoms with Gasteiger partial charge in [0.15, 0.2) is 6.10 Å². The number of ether oxygens (including phenoxy) is 1. The van der Waals surface area contributed by atoms with E-state index in [1.54, 1.807) is 24.3 Å². The van der Waals surface area contributed by atoms with Gasteiger partial charge >= 0.3 is 12.0 Å². The van der Waals surface area contributed by atoms with Crippen molar-refractivity contribution in [1.29, 1.82) is 0 Å². The van der Waals surface area contributed by atoms with E-state index in [4.69, 9.17) is 4.74 Å². The second-order valence-electron chi connectivity index (χ2n) is 6.62. The number of urea groups is 1. The monoisotopic (exact) mass is 386 g/mol. The first-order valence-corrected chi connectivity index (χ1v) is 9.19. The molecule has 10 heteroatoms. The van der Waals surface area contributed by atoms with Crippen molar-refractivity contribution in [2.24, 2.45) is 0 Å². The third kappa shape index (κ3) is 4.90. The van der Waals surface area contributed by atoms with Crippen LogP contribution in [0.3, 0.4) is 0 Å². The Morgan fingerprint density at radius 1 is 1.18 bits per heavy atom. The summed E-state index contributed by atoms with van der Waals surface area (Å²) < 4.78 is 6.53. The van der Waals surface area contributed by atoms with Crippen molar-refractivity contribution in [2.75, 3.05) is 0 Å². The molecule has 1 fully saturated rings. The third-order valence-corrected chi connectivity index (χ3v) is 4.55. The molecule has 0 unspecified atom stereocenters. The Morgan fingerprint density at radius 3 is 2.64 bits per heavy atom. The van der Waals surface area contributed by atoms with Gasteiger partial charge in [-0.2, -0.15) is 4.68 Å². The van der Waals surface area contributed by atoms with E-state index in [1.807, 2.05) is 0 Å². The number of carbonyl (C=O) groups is 3. The number of rotatable bonds is 5.